The molecular weight excluding hydrogens is 618 g/mol. The molecule has 2 unspecified atom stereocenters. The number of unbranched alkanes of at least 4 members (excludes halogenated alkanes) is 10. The van der Waals surface area contributed by atoms with Gasteiger partial charge in [-0.3, -0.25) is 9.59 Å². The number of carbonyl (C=O) groups is 3. The lowest BCUT2D eigenvalue weighted by Gasteiger charge is -2.34. The van der Waals surface area contributed by atoms with E-state index in [4.69, 9.17) is 14.2 Å². The number of carboxylic acids is 1. The van der Waals surface area contributed by atoms with Gasteiger partial charge >= 0.3 is 11.9 Å². The molecule has 0 amide bonds. The molecule has 280 valence electrons. The number of rotatable bonds is 32. The van der Waals surface area contributed by atoms with Gasteiger partial charge in [-0.05, 0) is 57.8 Å². The highest BCUT2D eigenvalue weighted by molar-refractivity contribution is 5.70. The summed E-state index contributed by atoms with van der Waals surface area (Å²) in [6.07, 6.45) is 36.8. The van der Waals surface area contributed by atoms with E-state index in [0.29, 0.717) is 12.8 Å². The van der Waals surface area contributed by atoms with E-state index in [-0.39, 0.29) is 42.7 Å². The Balaban J connectivity index is 4.50. The maximum absolute atomic E-state index is 12.6. The van der Waals surface area contributed by atoms with Crippen LogP contribution in [-0.4, -0.2) is 75.5 Å². The van der Waals surface area contributed by atoms with Crippen LogP contribution in [0.2, 0.25) is 0 Å². The van der Waals surface area contributed by atoms with Crippen molar-refractivity contribution in [2.24, 2.45) is 0 Å². The predicted molar refractivity (Wildman–Crippen MR) is 199 cm³/mol. The van der Waals surface area contributed by atoms with Gasteiger partial charge in [0.2, 0.25) is 0 Å². The summed E-state index contributed by atoms with van der Waals surface area (Å²) in [6.45, 7) is 4.35. The Labute approximate surface area is 298 Å². The van der Waals surface area contributed by atoms with Crippen LogP contribution in [0.1, 0.15) is 129 Å². The third-order valence-corrected chi connectivity index (χ3v) is 7.96. The van der Waals surface area contributed by atoms with Gasteiger partial charge in [-0.1, -0.05) is 113 Å². The molecule has 0 aromatic rings. The maximum Gasteiger partial charge on any atom is 0.306 e. The summed E-state index contributed by atoms with van der Waals surface area (Å²) in [4.78, 5) is 36.6. The number of carbonyl (C=O) groups excluding carboxylic acids is 3. The second-order valence-electron chi connectivity index (χ2n) is 13.5. The summed E-state index contributed by atoms with van der Waals surface area (Å²) in [5, 5.41) is 11.6. The highest BCUT2D eigenvalue weighted by atomic mass is 16.6. The lowest BCUT2D eigenvalue weighted by Crippen LogP contribution is -2.55. The van der Waals surface area contributed by atoms with Crippen LogP contribution in [0.5, 0.6) is 0 Å². The van der Waals surface area contributed by atoms with Gasteiger partial charge in [0.15, 0.2) is 6.10 Å². The fourth-order valence-corrected chi connectivity index (χ4v) is 5.05. The monoisotopic (exact) mass is 688 g/mol. The van der Waals surface area contributed by atoms with Gasteiger partial charge in [0.25, 0.3) is 0 Å². The van der Waals surface area contributed by atoms with E-state index in [1.54, 1.807) is 21.1 Å². The number of allylic oxidation sites excluding steroid dienone is 10. The Morgan fingerprint density at radius 3 is 1.80 bits per heavy atom. The minimum Gasteiger partial charge on any atom is -0.544 e. The fourth-order valence-electron chi connectivity index (χ4n) is 5.05. The van der Waals surface area contributed by atoms with Gasteiger partial charge in [0, 0.05) is 19.3 Å². The van der Waals surface area contributed by atoms with Crippen LogP contribution in [0.3, 0.4) is 0 Å². The Morgan fingerprint density at radius 1 is 0.633 bits per heavy atom. The second kappa shape index (κ2) is 32.2. The number of hydrogen-bond acceptors (Lipinski definition) is 7. The highest BCUT2D eigenvalue weighted by Gasteiger charge is 2.25. The van der Waals surface area contributed by atoms with Crippen LogP contribution in [-0.2, 0) is 28.6 Å². The molecule has 0 rings (SSSR count). The number of hydrogen-bond donors (Lipinski definition) is 0. The van der Waals surface area contributed by atoms with Crippen molar-refractivity contribution in [3.8, 4) is 0 Å². The van der Waals surface area contributed by atoms with Crippen molar-refractivity contribution in [3.63, 3.8) is 0 Å². The first-order valence-electron chi connectivity index (χ1n) is 18.8. The van der Waals surface area contributed by atoms with Crippen molar-refractivity contribution in [2.45, 2.75) is 142 Å². The largest absolute Gasteiger partial charge is 0.544 e. The van der Waals surface area contributed by atoms with E-state index in [1.165, 1.54) is 0 Å². The van der Waals surface area contributed by atoms with Gasteiger partial charge in [0.1, 0.15) is 12.6 Å². The molecule has 0 fully saturated rings. The Kier molecular flexibility index (Phi) is 30.3. The van der Waals surface area contributed by atoms with Crippen molar-refractivity contribution < 1.29 is 38.2 Å². The fraction of sp³-hybridized carbons (Fsp3) is 0.683. The SMILES string of the molecule is CC/C=C/C=C/C=C/CCCCCCCC(=O)OC(COCCC(C(=O)[O-])[N+](C)(C)C)COC(=O)CCCCCCC/C=C/C/C=C/CC. The van der Waals surface area contributed by atoms with Crippen LogP contribution in [0.4, 0.5) is 0 Å². The van der Waals surface area contributed by atoms with E-state index in [2.05, 4.69) is 62.5 Å². The van der Waals surface area contributed by atoms with Crippen molar-refractivity contribution in [3.05, 3.63) is 60.8 Å². The van der Waals surface area contributed by atoms with E-state index in [0.717, 1.165) is 96.3 Å². The van der Waals surface area contributed by atoms with Gasteiger partial charge in [-0.25, -0.2) is 0 Å². The number of carboxylic acid groups (broad SMARTS) is 1. The number of quaternary nitrogens is 1. The van der Waals surface area contributed by atoms with Gasteiger partial charge < -0.3 is 28.6 Å². The number of aliphatic carboxylic acids is 1. The van der Waals surface area contributed by atoms with Crippen molar-refractivity contribution in [2.75, 3.05) is 41.0 Å². The standard InChI is InChI=1S/C41H69NO7/c1-6-8-10-12-14-16-18-20-22-24-26-28-30-32-40(44)49-37(35-47-34-33-38(41(45)46)42(3,4)5)36-48-39(43)31-29-27-25-23-21-19-17-15-13-11-9-7-2/h8-12,14-18,37-38H,6-7,13,19-36H2,1-5H3/b10-8+,11-9+,14-12+,17-15+,18-16+. The van der Waals surface area contributed by atoms with E-state index >= 15 is 0 Å². The molecule has 0 N–H and O–H groups in total. The molecule has 0 saturated carbocycles. The average Bonchev–Trinajstić information content (AvgIpc) is 3.05. The average molecular weight is 688 g/mol. The second-order valence-corrected chi connectivity index (χ2v) is 13.5. The van der Waals surface area contributed by atoms with Crippen LogP contribution in [0.25, 0.3) is 0 Å². The third kappa shape index (κ3) is 30.8. The van der Waals surface area contributed by atoms with Crippen LogP contribution >= 0.6 is 0 Å². The minimum atomic E-state index is -1.13. The van der Waals surface area contributed by atoms with Crippen molar-refractivity contribution >= 4 is 17.9 Å². The highest BCUT2D eigenvalue weighted by Crippen LogP contribution is 2.12. The molecular formula is C41H69NO7. The number of esters is 2. The number of likely N-dealkylation sites (N-methyl/N-ethyl adjacent to an activating group) is 1. The molecule has 0 saturated heterocycles. The number of ether oxygens (including phenoxy) is 3. The molecule has 0 aliphatic heterocycles. The molecule has 0 heterocycles. The molecule has 8 heteroatoms. The van der Waals surface area contributed by atoms with Crippen LogP contribution < -0.4 is 5.11 Å². The first kappa shape index (κ1) is 46.0. The summed E-state index contributed by atoms with van der Waals surface area (Å²) < 4.78 is 17.0. The first-order chi connectivity index (χ1) is 23.6. The summed E-state index contributed by atoms with van der Waals surface area (Å²) in [7, 11) is 5.37. The zero-order valence-electron chi connectivity index (χ0n) is 31.6. The molecule has 2 atom stereocenters. The Morgan fingerprint density at radius 2 is 1.18 bits per heavy atom. The zero-order valence-corrected chi connectivity index (χ0v) is 31.6. The van der Waals surface area contributed by atoms with Gasteiger partial charge in [-0.15, -0.1) is 0 Å². The molecule has 0 spiro atoms. The minimum absolute atomic E-state index is 0.0247. The maximum atomic E-state index is 12.6. The Hall–Kier alpha value is -2.97. The van der Waals surface area contributed by atoms with Crippen LogP contribution in [0.15, 0.2) is 60.8 Å². The topological polar surface area (TPSA) is 102 Å². The normalized spacial score (nSPS) is 13.7. The molecule has 0 radical (unpaired) electrons. The molecule has 0 aromatic heterocycles. The third-order valence-electron chi connectivity index (χ3n) is 7.96. The molecule has 8 nitrogen and oxygen atoms in total. The summed E-state index contributed by atoms with van der Waals surface area (Å²) in [6, 6.07) is -0.732. The quantitative estimate of drug-likeness (QED) is 0.0231. The molecule has 0 aromatic carbocycles. The first-order valence-corrected chi connectivity index (χ1v) is 18.8. The smallest absolute Gasteiger partial charge is 0.306 e. The number of nitrogens with zero attached hydrogens (tertiary/aromatic N) is 1. The van der Waals surface area contributed by atoms with Crippen LogP contribution in [0, 0.1) is 0 Å². The van der Waals surface area contributed by atoms with E-state index < -0.39 is 18.1 Å². The predicted octanol–water partition coefficient (Wildman–Crippen LogP) is 8.13. The van der Waals surface area contributed by atoms with E-state index in [9.17, 15) is 19.5 Å². The molecule has 0 aliphatic rings. The van der Waals surface area contributed by atoms with Gasteiger partial charge in [-0.2, -0.15) is 0 Å². The molecule has 0 bridgehead atoms. The van der Waals surface area contributed by atoms with Crippen molar-refractivity contribution in [1.82, 2.24) is 0 Å². The van der Waals surface area contributed by atoms with Gasteiger partial charge in [0.05, 0.1) is 40.3 Å². The van der Waals surface area contributed by atoms with Crippen molar-refractivity contribution in [1.29, 1.82) is 0 Å². The lowest BCUT2D eigenvalue weighted by atomic mass is 10.1. The summed E-state index contributed by atoms with van der Waals surface area (Å²) in [5.74, 6) is -1.79. The lowest BCUT2D eigenvalue weighted by molar-refractivity contribution is -0.889. The summed E-state index contributed by atoms with van der Waals surface area (Å²) in [5.41, 5.74) is 0. The molecule has 49 heavy (non-hydrogen) atoms. The molecule has 0 aliphatic carbocycles. The van der Waals surface area contributed by atoms with E-state index in [1.807, 2.05) is 12.2 Å². The summed E-state index contributed by atoms with van der Waals surface area (Å²) >= 11 is 0. The Bertz CT molecular complexity index is 990. The zero-order chi connectivity index (χ0) is 36.4.